The minimum absolute atomic E-state index is 0.262. The Bertz CT molecular complexity index is 1480. The van der Waals surface area contributed by atoms with Crippen LogP contribution in [-0.4, -0.2) is 48.2 Å². The fourth-order valence-electron chi connectivity index (χ4n) is 5.66. The summed E-state index contributed by atoms with van der Waals surface area (Å²) >= 11 is 3.54. The highest BCUT2D eigenvalue weighted by Gasteiger charge is 2.52. The van der Waals surface area contributed by atoms with Crippen LogP contribution < -0.4 is 0 Å². The van der Waals surface area contributed by atoms with Crippen molar-refractivity contribution in [1.82, 2.24) is 0 Å². The first-order chi connectivity index (χ1) is 21.9. The molecular weight excluding hydrogens is 636 g/mol. The van der Waals surface area contributed by atoms with Crippen LogP contribution in [0.1, 0.15) is 40.8 Å². The quantitative estimate of drug-likeness (QED) is 0.155. The molecule has 1 fully saturated rings. The average Bonchev–Trinajstić information content (AvgIpc) is 3.06. The molecule has 4 aromatic rings. The molecule has 1 aliphatic rings. The Balaban J connectivity index is 1.56. The minimum atomic E-state index is -0.844. The number of carbonyl (C=O) groups is 1. The molecule has 1 aliphatic heterocycles. The van der Waals surface area contributed by atoms with Crippen molar-refractivity contribution in [2.75, 3.05) is 6.61 Å². The van der Waals surface area contributed by atoms with Gasteiger partial charge in [0.15, 0.2) is 6.10 Å². The molecule has 0 saturated carbocycles. The summed E-state index contributed by atoms with van der Waals surface area (Å²) in [7, 11) is 0. The van der Waals surface area contributed by atoms with Crippen molar-refractivity contribution in [3.05, 3.63) is 141 Å². The van der Waals surface area contributed by atoms with Crippen molar-refractivity contribution in [1.29, 1.82) is 0 Å². The zero-order valence-electron chi connectivity index (χ0n) is 25.5. The minimum Gasteiger partial charge on any atom is -0.455 e. The summed E-state index contributed by atoms with van der Waals surface area (Å²) in [6.45, 7) is 3.82. The lowest BCUT2D eigenvalue weighted by Crippen LogP contribution is -2.62. The van der Waals surface area contributed by atoms with E-state index in [9.17, 15) is 9.90 Å². The van der Waals surface area contributed by atoms with Crippen molar-refractivity contribution < 1.29 is 33.6 Å². The number of halogens is 1. The lowest BCUT2D eigenvalue weighted by Gasteiger charge is -2.47. The van der Waals surface area contributed by atoms with Crippen LogP contribution in [0.2, 0.25) is 0 Å². The number of rotatable bonds is 13. The van der Waals surface area contributed by atoms with Gasteiger partial charge in [0.05, 0.1) is 26.4 Å². The van der Waals surface area contributed by atoms with Gasteiger partial charge in [-0.3, -0.25) is 4.79 Å². The van der Waals surface area contributed by atoms with E-state index in [1.807, 2.05) is 116 Å². The predicted octanol–water partition coefficient (Wildman–Crippen LogP) is 6.88. The largest absolute Gasteiger partial charge is 0.455 e. The number of ether oxygens (including phenoxy) is 5. The smallest absolute Gasteiger partial charge is 0.303 e. The molecule has 0 amide bonds. The molecule has 7 nitrogen and oxygen atoms in total. The number of aliphatic hydroxyl groups is 1. The van der Waals surface area contributed by atoms with Gasteiger partial charge in [0, 0.05) is 11.4 Å². The summed E-state index contributed by atoms with van der Waals surface area (Å²) in [4.78, 5) is 12.6. The van der Waals surface area contributed by atoms with E-state index in [-0.39, 0.29) is 26.4 Å². The molecule has 0 radical (unpaired) electrons. The van der Waals surface area contributed by atoms with Crippen molar-refractivity contribution in [3.63, 3.8) is 0 Å². The monoisotopic (exact) mass is 674 g/mol. The molecule has 45 heavy (non-hydrogen) atoms. The third-order valence-corrected chi connectivity index (χ3v) is 8.33. The average molecular weight is 676 g/mol. The maximum Gasteiger partial charge on any atom is 0.303 e. The molecule has 3 unspecified atom stereocenters. The van der Waals surface area contributed by atoms with Gasteiger partial charge in [-0.25, -0.2) is 0 Å². The lowest BCUT2D eigenvalue weighted by atomic mass is 9.87. The van der Waals surface area contributed by atoms with Crippen LogP contribution in [0.4, 0.5) is 0 Å². The molecule has 8 heteroatoms. The second-order valence-electron chi connectivity index (χ2n) is 11.1. The number of hydrogen-bond acceptors (Lipinski definition) is 7. The van der Waals surface area contributed by atoms with Gasteiger partial charge in [0.1, 0.15) is 30.5 Å². The van der Waals surface area contributed by atoms with E-state index in [0.29, 0.717) is 0 Å². The summed E-state index contributed by atoms with van der Waals surface area (Å²) < 4.78 is 33.4. The summed E-state index contributed by atoms with van der Waals surface area (Å²) in [5.74, 6) is -0.461. The molecule has 6 atom stereocenters. The highest BCUT2D eigenvalue weighted by atomic mass is 79.9. The topological polar surface area (TPSA) is 83.5 Å². The molecule has 0 aromatic heterocycles. The third-order valence-electron chi connectivity index (χ3n) is 7.84. The van der Waals surface area contributed by atoms with E-state index >= 15 is 0 Å². The first-order valence-corrected chi connectivity index (χ1v) is 15.9. The van der Waals surface area contributed by atoms with E-state index in [4.69, 9.17) is 23.7 Å². The van der Waals surface area contributed by atoms with Gasteiger partial charge in [0.2, 0.25) is 0 Å². The van der Waals surface area contributed by atoms with E-state index in [1.165, 1.54) is 6.92 Å². The normalized spacial score (nSPS) is 22.1. The highest BCUT2D eigenvalue weighted by molar-refractivity contribution is 9.10. The van der Waals surface area contributed by atoms with E-state index < -0.39 is 42.6 Å². The van der Waals surface area contributed by atoms with Gasteiger partial charge < -0.3 is 28.8 Å². The molecule has 236 valence electrons. The van der Waals surface area contributed by atoms with Crippen LogP contribution >= 0.6 is 15.9 Å². The number of aryl methyl sites for hydroxylation is 1. The van der Waals surface area contributed by atoms with Gasteiger partial charge in [-0.05, 0) is 46.9 Å². The van der Waals surface area contributed by atoms with Gasteiger partial charge in [0.25, 0.3) is 0 Å². The Kier molecular flexibility index (Phi) is 11.9. The summed E-state index contributed by atoms with van der Waals surface area (Å²) in [5.41, 5.74) is 4.60. The molecule has 0 aliphatic carbocycles. The molecule has 4 aromatic carbocycles. The van der Waals surface area contributed by atoms with Gasteiger partial charge in [-0.1, -0.05) is 113 Å². The predicted molar refractivity (Wildman–Crippen MR) is 174 cm³/mol. The zero-order chi connectivity index (χ0) is 31.6. The second kappa shape index (κ2) is 16.3. The van der Waals surface area contributed by atoms with Gasteiger partial charge >= 0.3 is 5.97 Å². The number of carbonyl (C=O) groups excluding carboxylic acids is 1. The van der Waals surface area contributed by atoms with E-state index in [1.54, 1.807) is 0 Å². The second-order valence-corrected chi connectivity index (χ2v) is 12.1. The Morgan fingerprint density at radius 3 is 1.71 bits per heavy atom. The highest BCUT2D eigenvalue weighted by Crippen LogP contribution is 2.39. The molecule has 0 bridgehead atoms. The molecule has 1 N–H and O–H groups in total. The van der Waals surface area contributed by atoms with Crippen LogP contribution in [0.25, 0.3) is 0 Å². The maximum atomic E-state index is 12.6. The third kappa shape index (κ3) is 8.88. The number of hydrogen-bond donors (Lipinski definition) is 1. The summed E-state index contributed by atoms with van der Waals surface area (Å²) in [5, 5.41) is 10.7. The molecule has 5 rings (SSSR count). The van der Waals surface area contributed by atoms with E-state index in [2.05, 4.69) is 15.9 Å². The van der Waals surface area contributed by atoms with E-state index in [0.717, 1.165) is 32.3 Å². The first-order valence-electron chi connectivity index (χ1n) is 15.1. The fourth-order valence-corrected chi connectivity index (χ4v) is 6.13. The van der Waals surface area contributed by atoms with Crippen LogP contribution in [0.15, 0.2) is 114 Å². The summed E-state index contributed by atoms with van der Waals surface area (Å²) in [6.07, 6.45) is -4.59. The standard InChI is InChI=1S/C37H39BrO7/c1-25-20-30(38)18-19-31(25)33(44-26(2)40)37-36(43-24-29-16-10-5-11-17-29)35(42-23-28-14-8-4-9-15-28)34(32(21-39)45-37)41-22-27-12-6-3-7-13-27/h3-20,32-37,39H,21-24H2,1-2H3/t32?,33-,34-,35?,36?,37-/m1/s1. The number of benzene rings is 4. The zero-order valence-corrected chi connectivity index (χ0v) is 27.0. The SMILES string of the molecule is CC(=O)O[C@H](c1ccc(Br)cc1C)[C@H]1OC(CO)[C@@H](OCc2ccccc2)C(OCc2ccccc2)C1OCc1ccccc1. The van der Waals surface area contributed by atoms with Crippen molar-refractivity contribution in [2.24, 2.45) is 0 Å². The Morgan fingerprint density at radius 1 is 0.756 bits per heavy atom. The number of esters is 1. The molecule has 0 spiro atoms. The van der Waals surface area contributed by atoms with Crippen molar-refractivity contribution in [2.45, 2.75) is 70.3 Å². The maximum absolute atomic E-state index is 12.6. The van der Waals surface area contributed by atoms with Gasteiger partial charge in [-0.15, -0.1) is 0 Å². The first kappa shape index (κ1) is 33.0. The Morgan fingerprint density at radius 2 is 1.24 bits per heavy atom. The van der Waals surface area contributed by atoms with Crippen LogP contribution in [0.3, 0.4) is 0 Å². The Labute approximate surface area is 273 Å². The number of aliphatic hydroxyl groups excluding tert-OH is 1. The lowest BCUT2D eigenvalue weighted by molar-refractivity contribution is -0.286. The van der Waals surface area contributed by atoms with Crippen molar-refractivity contribution >= 4 is 21.9 Å². The molecular formula is C37H39BrO7. The molecule has 1 heterocycles. The van der Waals surface area contributed by atoms with Crippen LogP contribution in [0, 0.1) is 6.92 Å². The van der Waals surface area contributed by atoms with Gasteiger partial charge in [-0.2, -0.15) is 0 Å². The fraction of sp³-hybridized carbons (Fsp3) is 0.324. The van der Waals surface area contributed by atoms with Crippen molar-refractivity contribution in [3.8, 4) is 0 Å². The van der Waals surface area contributed by atoms with Crippen LogP contribution in [-0.2, 0) is 48.3 Å². The Hall–Kier alpha value is -3.37. The molecule has 1 saturated heterocycles. The summed E-state index contributed by atoms with van der Waals surface area (Å²) in [6, 6.07) is 35.3. The van der Waals surface area contributed by atoms with Crippen LogP contribution in [0.5, 0.6) is 0 Å².